The van der Waals surface area contributed by atoms with E-state index in [1.165, 1.54) is 18.4 Å². The van der Waals surface area contributed by atoms with Crippen LogP contribution in [0.4, 0.5) is 22.2 Å². The molecule has 1 saturated carbocycles. The van der Waals surface area contributed by atoms with Crippen LogP contribution in [0.15, 0.2) is 12.4 Å². The molecule has 34 heavy (non-hydrogen) atoms. The van der Waals surface area contributed by atoms with Gasteiger partial charge in [-0.15, -0.1) is 0 Å². The highest BCUT2D eigenvalue weighted by Gasteiger charge is 2.28. The molecule has 0 unspecified atom stereocenters. The van der Waals surface area contributed by atoms with Crippen molar-refractivity contribution in [3.8, 4) is 0 Å². The normalized spacial score (nSPS) is 19.8. The lowest BCUT2D eigenvalue weighted by Gasteiger charge is -2.28. The summed E-state index contributed by atoms with van der Waals surface area (Å²) in [4.78, 5) is 25.4. The Hall–Kier alpha value is -2.88. The Bertz CT molecular complexity index is 997. The number of nitrogens with zero attached hydrogens (tertiary/aromatic N) is 6. The minimum absolute atomic E-state index is 0.199. The van der Waals surface area contributed by atoms with Gasteiger partial charge in [-0.25, -0.2) is 9.78 Å². The molecule has 1 amide bonds. The predicted molar refractivity (Wildman–Crippen MR) is 131 cm³/mol. The van der Waals surface area contributed by atoms with E-state index in [1.807, 2.05) is 13.1 Å². The SMILES string of the molecule is Cc1nn(C2CCN(C)CC2)cc1Nc1ncc(C2CC2)c(NCCCN2CCCOC2=O)n1. The molecule has 3 aliphatic rings. The zero-order chi connectivity index (χ0) is 23.5. The Labute approximate surface area is 201 Å². The number of aryl methyl sites for hydroxylation is 1. The van der Waals surface area contributed by atoms with Crippen LogP contribution in [0.2, 0.25) is 0 Å². The van der Waals surface area contributed by atoms with Gasteiger partial charge in [-0.1, -0.05) is 0 Å². The van der Waals surface area contributed by atoms with Gasteiger partial charge in [0.05, 0.1) is 24.0 Å². The van der Waals surface area contributed by atoms with Crippen molar-refractivity contribution in [1.82, 2.24) is 29.5 Å². The number of cyclic esters (lactones) is 1. The number of nitrogens with one attached hydrogen (secondary N) is 2. The Kier molecular flexibility index (Phi) is 6.85. The van der Waals surface area contributed by atoms with Crippen molar-refractivity contribution < 1.29 is 9.53 Å². The Morgan fingerprint density at radius 1 is 1.18 bits per heavy atom. The molecule has 5 rings (SSSR count). The molecule has 1 aliphatic carbocycles. The molecule has 0 spiro atoms. The quantitative estimate of drug-likeness (QED) is 0.539. The summed E-state index contributed by atoms with van der Waals surface area (Å²) in [6.07, 6.45) is 10.2. The highest BCUT2D eigenvalue weighted by Crippen LogP contribution is 2.43. The van der Waals surface area contributed by atoms with Gasteiger partial charge >= 0.3 is 6.09 Å². The fourth-order valence-electron chi connectivity index (χ4n) is 4.73. The fourth-order valence-corrected chi connectivity index (χ4v) is 4.73. The molecule has 2 aromatic rings. The number of carbonyl (C=O) groups excluding carboxylic acids is 1. The maximum absolute atomic E-state index is 11.8. The first kappa shape index (κ1) is 22.9. The van der Waals surface area contributed by atoms with E-state index in [9.17, 15) is 4.79 Å². The molecule has 0 radical (unpaired) electrons. The molecule has 2 saturated heterocycles. The molecule has 2 aromatic heterocycles. The van der Waals surface area contributed by atoms with E-state index in [1.54, 1.807) is 4.90 Å². The lowest BCUT2D eigenvalue weighted by Crippen LogP contribution is -2.38. The summed E-state index contributed by atoms with van der Waals surface area (Å²) in [6.45, 7) is 6.97. The number of ether oxygens (including phenoxy) is 1. The number of carbonyl (C=O) groups is 1. The fraction of sp³-hybridized carbons (Fsp3) is 0.667. The highest BCUT2D eigenvalue weighted by atomic mass is 16.6. The molecule has 184 valence electrons. The molecule has 2 aliphatic heterocycles. The van der Waals surface area contributed by atoms with Gasteiger partial charge in [0.1, 0.15) is 5.82 Å². The number of hydrogen-bond acceptors (Lipinski definition) is 8. The van der Waals surface area contributed by atoms with Crippen LogP contribution in [0.1, 0.15) is 61.7 Å². The largest absolute Gasteiger partial charge is 0.449 e. The lowest BCUT2D eigenvalue weighted by atomic mass is 10.1. The van der Waals surface area contributed by atoms with Crippen molar-refractivity contribution in [2.75, 3.05) is 57.0 Å². The number of piperidine rings is 1. The van der Waals surface area contributed by atoms with Crippen LogP contribution in [-0.4, -0.2) is 82.0 Å². The van der Waals surface area contributed by atoms with Crippen molar-refractivity contribution in [3.05, 3.63) is 23.7 Å². The van der Waals surface area contributed by atoms with Gasteiger partial charge in [0.15, 0.2) is 0 Å². The first-order valence-corrected chi connectivity index (χ1v) is 12.6. The first-order chi connectivity index (χ1) is 16.6. The van der Waals surface area contributed by atoms with Gasteiger partial charge in [0.2, 0.25) is 5.95 Å². The molecule has 4 heterocycles. The van der Waals surface area contributed by atoms with Crippen molar-refractivity contribution in [2.45, 2.75) is 57.4 Å². The number of amides is 1. The Morgan fingerprint density at radius 2 is 2.00 bits per heavy atom. The second kappa shape index (κ2) is 10.2. The van der Waals surface area contributed by atoms with Crippen LogP contribution >= 0.6 is 0 Å². The summed E-state index contributed by atoms with van der Waals surface area (Å²) in [5.74, 6) is 2.02. The maximum atomic E-state index is 11.8. The number of hydrogen-bond donors (Lipinski definition) is 2. The van der Waals surface area contributed by atoms with E-state index < -0.39 is 0 Å². The summed E-state index contributed by atoms with van der Waals surface area (Å²) in [5, 5.41) is 11.7. The Balaban J connectivity index is 1.22. The highest BCUT2D eigenvalue weighted by molar-refractivity contribution is 5.68. The number of likely N-dealkylation sites (tertiary alicyclic amines) is 1. The van der Waals surface area contributed by atoms with E-state index >= 15 is 0 Å². The second-order valence-corrected chi connectivity index (χ2v) is 9.77. The van der Waals surface area contributed by atoms with Gasteiger partial charge in [0, 0.05) is 37.6 Å². The zero-order valence-electron chi connectivity index (χ0n) is 20.3. The minimum Gasteiger partial charge on any atom is -0.449 e. The molecule has 0 bridgehead atoms. The third-order valence-electron chi connectivity index (χ3n) is 7.01. The van der Waals surface area contributed by atoms with Crippen LogP contribution in [0.3, 0.4) is 0 Å². The van der Waals surface area contributed by atoms with E-state index in [0.717, 1.165) is 69.1 Å². The molecule has 10 heteroatoms. The summed E-state index contributed by atoms with van der Waals surface area (Å²) >= 11 is 0. The van der Waals surface area contributed by atoms with Gasteiger partial charge in [-0.2, -0.15) is 10.1 Å². The van der Waals surface area contributed by atoms with Crippen LogP contribution in [-0.2, 0) is 4.74 Å². The Morgan fingerprint density at radius 3 is 2.76 bits per heavy atom. The van der Waals surface area contributed by atoms with Crippen molar-refractivity contribution in [2.24, 2.45) is 0 Å². The van der Waals surface area contributed by atoms with Crippen molar-refractivity contribution >= 4 is 23.5 Å². The van der Waals surface area contributed by atoms with Crippen LogP contribution in [0, 0.1) is 6.92 Å². The molecule has 0 aromatic carbocycles. The number of anilines is 3. The average molecular weight is 469 g/mol. The van der Waals surface area contributed by atoms with Crippen LogP contribution in [0.5, 0.6) is 0 Å². The van der Waals surface area contributed by atoms with E-state index in [2.05, 4.69) is 38.4 Å². The van der Waals surface area contributed by atoms with Gasteiger partial charge in [-0.05, 0) is 71.5 Å². The average Bonchev–Trinajstić information content (AvgIpc) is 3.62. The molecular weight excluding hydrogens is 432 g/mol. The summed E-state index contributed by atoms with van der Waals surface area (Å²) < 4.78 is 7.23. The zero-order valence-corrected chi connectivity index (χ0v) is 20.3. The third-order valence-corrected chi connectivity index (χ3v) is 7.01. The third kappa shape index (κ3) is 5.43. The van der Waals surface area contributed by atoms with Gasteiger partial charge < -0.3 is 25.2 Å². The predicted octanol–water partition coefficient (Wildman–Crippen LogP) is 3.51. The monoisotopic (exact) mass is 468 g/mol. The van der Waals surface area contributed by atoms with Crippen LogP contribution in [0.25, 0.3) is 0 Å². The first-order valence-electron chi connectivity index (χ1n) is 12.6. The summed E-state index contributed by atoms with van der Waals surface area (Å²) in [5.41, 5.74) is 3.09. The molecule has 2 N–H and O–H groups in total. The molecular formula is C24H36N8O2. The van der Waals surface area contributed by atoms with E-state index in [-0.39, 0.29) is 6.09 Å². The summed E-state index contributed by atoms with van der Waals surface area (Å²) in [7, 11) is 2.17. The van der Waals surface area contributed by atoms with Crippen molar-refractivity contribution in [1.29, 1.82) is 0 Å². The standard InChI is InChI=1S/C24H36N8O2/c1-17-21(16-32(29-17)19-7-12-30(2)13-8-19)27-23-26-15-20(18-5-6-18)22(28-23)25-9-3-10-31-11-4-14-34-24(31)33/h15-16,18-19H,3-14H2,1-2H3,(H2,25,26,27,28). The molecule has 3 fully saturated rings. The minimum atomic E-state index is -0.199. The number of aromatic nitrogens is 4. The van der Waals surface area contributed by atoms with Crippen LogP contribution < -0.4 is 10.6 Å². The van der Waals surface area contributed by atoms with Gasteiger partial charge in [-0.3, -0.25) is 4.68 Å². The maximum Gasteiger partial charge on any atom is 0.409 e. The summed E-state index contributed by atoms with van der Waals surface area (Å²) in [6, 6.07) is 0.443. The number of rotatable bonds is 9. The van der Waals surface area contributed by atoms with Gasteiger partial charge in [0.25, 0.3) is 0 Å². The van der Waals surface area contributed by atoms with Crippen molar-refractivity contribution in [3.63, 3.8) is 0 Å². The van der Waals surface area contributed by atoms with E-state index in [0.29, 0.717) is 31.1 Å². The van der Waals surface area contributed by atoms with E-state index in [4.69, 9.17) is 14.8 Å². The topological polar surface area (TPSA) is 100 Å². The lowest BCUT2D eigenvalue weighted by molar-refractivity contribution is 0.0729. The molecule has 10 nitrogen and oxygen atoms in total. The smallest absolute Gasteiger partial charge is 0.409 e. The second-order valence-electron chi connectivity index (χ2n) is 9.77. The molecule has 0 atom stereocenters.